The number of carbonyl (C=O) groups is 1. The van der Waals surface area contributed by atoms with E-state index in [1.54, 1.807) is 12.1 Å². The third-order valence-electron chi connectivity index (χ3n) is 6.37. The highest BCUT2D eigenvalue weighted by Crippen LogP contribution is 2.39. The summed E-state index contributed by atoms with van der Waals surface area (Å²) in [5.74, 6) is -0.0623. The number of ether oxygens (including phenoxy) is 2. The molecule has 5 rings (SSSR count). The summed E-state index contributed by atoms with van der Waals surface area (Å²) in [7, 11) is 0. The molecule has 0 radical (unpaired) electrons. The fourth-order valence-corrected chi connectivity index (χ4v) is 4.47. The lowest BCUT2D eigenvalue weighted by atomic mass is 10.0. The van der Waals surface area contributed by atoms with E-state index in [2.05, 4.69) is 4.57 Å². The van der Waals surface area contributed by atoms with Crippen LogP contribution in [0.3, 0.4) is 0 Å². The molecule has 1 N–H and O–H groups in total. The highest BCUT2D eigenvalue weighted by molar-refractivity contribution is 5.83. The lowest BCUT2D eigenvalue weighted by Gasteiger charge is -2.15. The molecule has 5 nitrogen and oxygen atoms in total. The predicted octanol–water partition coefficient (Wildman–Crippen LogP) is 5.99. The van der Waals surface area contributed by atoms with Crippen molar-refractivity contribution in [2.75, 3.05) is 6.61 Å². The van der Waals surface area contributed by atoms with Gasteiger partial charge in [0, 0.05) is 29.1 Å². The van der Waals surface area contributed by atoms with Gasteiger partial charge in [0.2, 0.25) is 0 Å². The molecule has 1 aliphatic carbocycles. The molecule has 1 aliphatic heterocycles. The van der Waals surface area contributed by atoms with Gasteiger partial charge in [-0.15, -0.1) is 0 Å². The second-order valence-corrected chi connectivity index (χ2v) is 8.90. The van der Waals surface area contributed by atoms with Crippen LogP contribution in [-0.2, 0) is 24.1 Å². The summed E-state index contributed by atoms with van der Waals surface area (Å²) in [5, 5.41) is 10.1. The maximum atomic E-state index is 13.5. The zero-order chi connectivity index (χ0) is 23.2. The Morgan fingerprint density at radius 1 is 1.06 bits per heavy atom. The van der Waals surface area contributed by atoms with E-state index < -0.39 is 17.7 Å². The van der Waals surface area contributed by atoms with Gasteiger partial charge in [-0.1, -0.05) is 6.07 Å². The first kappa shape index (κ1) is 21.7. The fourth-order valence-electron chi connectivity index (χ4n) is 4.47. The molecule has 1 unspecified atom stereocenters. The smallest absolute Gasteiger partial charge is 0.419 e. The molecule has 8 heteroatoms. The number of fused-ring (bicyclic) bond motifs is 3. The topological polar surface area (TPSA) is 60.7 Å². The number of alkyl halides is 3. The zero-order valence-corrected chi connectivity index (χ0v) is 17.9. The van der Waals surface area contributed by atoms with E-state index in [-0.39, 0.29) is 24.7 Å². The number of hydrogen-bond acceptors (Lipinski definition) is 3. The first-order chi connectivity index (χ1) is 15.8. The molecule has 1 aromatic heterocycles. The molecule has 2 aliphatic rings. The van der Waals surface area contributed by atoms with Gasteiger partial charge in [0.1, 0.15) is 18.1 Å². The van der Waals surface area contributed by atoms with Crippen LogP contribution in [0.15, 0.2) is 42.5 Å². The van der Waals surface area contributed by atoms with Crippen LogP contribution >= 0.6 is 0 Å². The van der Waals surface area contributed by atoms with E-state index in [0.717, 1.165) is 48.5 Å². The van der Waals surface area contributed by atoms with Gasteiger partial charge in [-0.25, -0.2) is 0 Å². The molecule has 1 atom stereocenters. The number of carboxylic acid groups (broad SMARTS) is 1. The summed E-state index contributed by atoms with van der Waals surface area (Å²) in [4.78, 5) is 11.1. The van der Waals surface area contributed by atoms with Crippen LogP contribution < -0.4 is 9.47 Å². The van der Waals surface area contributed by atoms with Gasteiger partial charge >= 0.3 is 12.1 Å². The van der Waals surface area contributed by atoms with Crippen molar-refractivity contribution in [3.8, 4) is 11.5 Å². The van der Waals surface area contributed by atoms with Gasteiger partial charge in [-0.2, -0.15) is 13.2 Å². The molecule has 2 aromatic carbocycles. The Labute approximate surface area is 188 Å². The van der Waals surface area contributed by atoms with E-state index in [1.165, 1.54) is 6.07 Å². The van der Waals surface area contributed by atoms with Crippen LogP contribution in [0.25, 0.3) is 10.9 Å². The average molecular weight is 459 g/mol. The second kappa shape index (κ2) is 8.32. The second-order valence-electron chi connectivity index (χ2n) is 8.90. The number of carboxylic acids is 1. The highest BCUT2D eigenvalue weighted by atomic mass is 19.4. The molecule has 1 fully saturated rings. The number of benzene rings is 2. The first-order valence-electron chi connectivity index (χ1n) is 11.1. The zero-order valence-electron chi connectivity index (χ0n) is 17.9. The number of aromatic nitrogens is 1. The first-order valence-corrected chi connectivity index (χ1v) is 11.1. The van der Waals surface area contributed by atoms with Gasteiger partial charge in [0.25, 0.3) is 0 Å². The quantitative estimate of drug-likeness (QED) is 0.450. The van der Waals surface area contributed by atoms with Crippen molar-refractivity contribution in [2.45, 2.75) is 50.9 Å². The van der Waals surface area contributed by atoms with E-state index in [1.807, 2.05) is 18.2 Å². The maximum Gasteiger partial charge on any atom is 0.419 e. The highest BCUT2D eigenvalue weighted by Gasteiger charge is 2.35. The van der Waals surface area contributed by atoms with Crippen LogP contribution in [0.4, 0.5) is 13.2 Å². The van der Waals surface area contributed by atoms with Gasteiger partial charge in [-0.3, -0.25) is 4.79 Å². The van der Waals surface area contributed by atoms with Crippen molar-refractivity contribution in [3.63, 3.8) is 0 Å². The van der Waals surface area contributed by atoms with Crippen LogP contribution in [0.5, 0.6) is 11.5 Å². The average Bonchev–Trinajstić information content (AvgIpc) is 3.42. The van der Waals surface area contributed by atoms with Gasteiger partial charge in [0.15, 0.2) is 0 Å². The van der Waals surface area contributed by atoms with Crippen molar-refractivity contribution >= 4 is 16.9 Å². The number of hydrogen-bond donors (Lipinski definition) is 1. The van der Waals surface area contributed by atoms with E-state index >= 15 is 0 Å². The summed E-state index contributed by atoms with van der Waals surface area (Å²) in [5.41, 5.74) is 1.62. The lowest BCUT2D eigenvalue weighted by Crippen LogP contribution is -2.11. The molecular formula is C25H24F3NO4. The lowest BCUT2D eigenvalue weighted by molar-refractivity contribution is -0.139. The van der Waals surface area contributed by atoms with Gasteiger partial charge < -0.3 is 19.1 Å². The van der Waals surface area contributed by atoms with Gasteiger partial charge in [0.05, 0.1) is 18.6 Å². The normalized spacial score (nSPS) is 17.8. The minimum absolute atomic E-state index is 0.00725. The third-order valence-corrected chi connectivity index (χ3v) is 6.37. The van der Waals surface area contributed by atoms with E-state index in [9.17, 15) is 18.0 Å². The summed E-state index contributed by atoms with van der Waals surface area (Å²) in [6.07, 6.45) is -1.60. The Bertz CT molecular complexity index is 1200. The summed E-state index contributed by atoms with van der Waals surface area (Å²) < 4.78 is 53.9. The SMILES string of the molecule is O=C(O)CC1CCn2c1cc1cc(OCc3ccc(OCC4CC4)c(C(F)(F)F)c3)ccc12. The Kier molecular flexibility index (Phi) is 5.46. The molecule has 33 heavy (non-hydrogen) atoms. The van der Waals surface area contributed by atoms with Crippen LogP contribution in [-0.4, -0.2) is 22.2 Å². The molecule has 3 aromatic rings. The number of aryl methyl sites for hydroxylation is 1. The van der Waals surface area contributed by atoms with Crippen molar-refractivity contribution in [2.24, 2.45) is 5.92 Å². The molecule has 0 amide bonds. The number of rotatable bonds is 8. The van der Waals surface area contributed by atoms with Crippen molar-refractivity contribution in [1.29, 1.82) is 0 Å². The molecule has 1 saturated carbocycles. The molecule has 174 valence electrons. The molecule has 0 spiro atoms. The fraction of sp³-hybridized carbons (Fsp3) is 0.400. The summed E-state index contributed by atoms with van der Waals surface area (Å²) >= 11 is 0. The molecular weight excluding hydrogens is 435 g/mol. The summed E-state index contributed by atoms with van der Waals surface area (Å²) in [6, 6.07) is 11.6. The Morgan fingerprint density at radius 3 is 2.61 bits per heavy atom. The maximum absolute atomic E-state index is 13.5. The third kappa shape index (κ3) is 4.65. The van der Waals surface area contributed by atoms with Crippen LogP contribution in [0.1, 0.15) is 48.4 Å². The van der Waals surface area contributed by atoms with E-state index in [0.29, 0.717) is 23.8 Å². The number of halogens is 3. The predicted molar refractivity (Wildman–Crippen MR) is 116 cm³/mol. The van der Waals surface area contributed by atoms with Crippen LogP contribution in [0.2, 0.25) is 0 Å². The Morgan fingerprint density at radius 2 is 1.88 bits per heavy atom. The molecule has 0 saturated heterocycles. The molecule has 2 heterocycles. The van der Waals surface area contributed by atoms with Crippen molar-refractivity contribution in [1.82, 2.24) is 4.57 Å². The largest absolute Gasteiger partial charge is 0.493 e. The van der Waals surface area contributed by atoms with Crippen LogP contribution in [0, 0.1) is 5.92 Å². The van der Waals surface area contributed by atoms with E-state index in [4.69, 9.17) is 14.6 Å². The molecule has 0 bridgehead atoms. The minimum atomic E-state index is -4.51. The Balaban J connectivity index is 1.31. The number of nitrogens with zero attached hydrogens (tertiary/aromatic N) is 1. The Hall–Kier alpha value is -3.16. The van der Waals surface area contributed by atoms with Crippen molar-refractivity contribution in [3.05, 3.63) is 59.3 Å². The monoisotopic (exact) mass is 459 g/mol. The summed E-state index contributed by atoms with van der Waals surface area (Å²) in [6.45, 7) is 1.08. The number of aliphatic carboxylic acids is 1. The minimum Gasteiger partial charge on any atom is -0.493 e. The van der Waals surface area contributed by atoms with Crippen molar-refractivity contribution < 1.29 is 32.5 Å². The standard InChI is InChI=1S/C25H24F3NO4/c26-25(27,28)20-9-16(3-6-23(20)33-13-15-1-2-15)14-32-19-4-5-21-18(10-19)11-22-17(12-24(30)31)7-8-29(21)22/h3-6,9-11,15,17H,1-2,7-8,12-14H2,(H,30,31). The van der Waals surface area contributed by atoms with Gasteiger partial charge in [-0.05, 0) is 67.1 Å².